The Morgan fingerprint density at radius 2 is 1.25 bits per heavy atom. The van der Waals surface area contributed by atoms with Crippen molar-refractivity contribution in [2.75, 3.05) is 0 Å². The van der Waals surface area contributed by atoms with Crippen molar-refractivity contribution < 1.29 is 29.4 Å². The van der Waals surface area contributed by atoms with Crippen LogP contribution in [-0.2, 0) is 9.59 Å². The Labute approximate surface area is 135 Å². The van der Waals surface area contributed by atoms with E-state index in [1.807, 2.05) is 10.9 Å². The van der Waals surface area contributed by atoms with Crippen molar-refractivity contribution in [2.24, 2.45) is 10.2 Å². The number of aromatic nitrogens is 1. The van der Waals surface area contributed by atoms with Crippen LogP contribution in [0, 0.1) is 0 Å². The van der Waals surface area contributed by atoms with Crippen LogP contribution in [0.25, 0.3) is 0 Å². The monoisotopic (exact) mass is 335 g/mol. The summed E-state index contributed by atoms with van der Waals surface area (Å²) >= 11 is 0. The molecule has 4 N–H and O–H groups in total. The molecule has 1 aromatic rings. The maximum absolute atomic E-state index is 11.8. The number of hydrogen-bond donors (Lipinski definition) is 4. The van der Waals surface area contributed by atoms with Gasteiger partial charge >= 0.3 is 11.9 Å². The van der Waals surface area contributed by atoms with Gasteiger partial charge in [0, 0.05) is 0 Å². The van der Waals surface area contributed by atoms with E-state index in [1.165, 1.54) is 32.0 Å². The van der Waals surface area contributed by atoms with Gasteiger partial charge in [0.15, 0.2) is 0 Å². The number of aliphatic carboxylic acids is 2. The van der Waals surface area contributed by atoms with Gasteiger partial charge in [-0.05, 0) is 26.0 Å². The van der Waals surface area contributed by atoms with E-state index in [9.17, 15) is 19.2 Å². The molecule has 0 aliphatic heterocycles. The van der Waals surface area contributed by atoms with E-state index in [0.29, 0.717) is 0 Å². The first kappa shape index (κ1) is 18.4. The first-order valence-electron chi connectivity index (χ1n) is 6.35. The number of carboxylic acid groups (broad SMARTS) is 2. The quantitative estimate of drug-likeness (QED) is 0.399. The van der Waals surface area contributed by atoms with Gasteiger partial charge in [-0.2, -0.15) is 10.2 Å². The minimum atomic E-state index is -1.30. The Morgan fingerprint density at radius 3 is 1.58 bits per heavy atom. The zero-order chi connectivity index (χ0) is 18.3. The van der Waals surface area contributed by atoms with Gasteiger partial charge in [0.25, 0.3) is 11.8 Å². The van der Waals surface area contributed by atoms with E-state index >= 15 is 0 Å². The lowest BCUT2D eigenvalue weighted by molar-refractivity contribution is -0.130. The van der Waals surface area contributed by atoms with Crippen LogP contribution in [0.3, 0.4) is 0 Å². The summed E-state index contributed by atoms with van der Waals surface area (Å²) in [5, 5.41) is 23.9. The average molecular weight is 335 g/mol. The number of carboxylic acids is 2. The van der Waals surface area contributed by atoms with Crippen LogP contribution < -0.4 is 10.9 Å². The third kappa shape index (κ3) is 5.29. The van der Waals surface area contributed by atoms with Crippen molar-refractivity contribution in [1.82, 2.24) is 15.8 Å². The molecule has 11 heteroatoms. The van der Waals surface area contributed by atoms with Gasteiger partial charge in [0.05, 0.1) is 0 Å². The SMILES string of the molecule is C/C(=N\NC(=O)c1cccc(C(=O)N/N=C(\C)C(=O)O)n1)C(=O)O. The molecule has 11 nitrogen and oxygen atoms in total. The number of nitrogens with zero attached hydrogens (tertiary/aromatic N) is 3. The Kier molecular flexibility index (Phi) is 6.23. The molecule has 0 unspecified atom stereocenters. The van der Waals surface area contributed by atoms with Crippen molar-refractivity contribution in [3.63, 3.8) is 0 Å². The van der Waals surface area contributed by atoms with E-state index in [2.05, 4.69) is 15.2 Å². The number of hydrazone groups is 2. The second kappa shape index (κ2) is 8.12. The second-order valence-electron chi connectivity index (χ2n) is 4.29. The lowest BCUT2D eigenvalue weighted by atomic mass is 10.3. The maximum Gasteiger partial charge on any atom is 0.351 e. The first-order valence-corrected chi connectivity index (χ1v) is 6.35. The number of amides is 2. The molecule has 0 radical (unpaired) electrons. The largest absolute Gasteiger partial charge is 0.477 e. The molecular formula is C13H13N5O6. The molecule has 1 heterocycles. The van der Waals surface area contributed by atoms with Gasteiger partial charge in [-0.15, -0.1) is 0 Å². The van der Waals surface area contributed by atoms with Crippen LogP contribution in [0.4, 0.5) is 0 Å². The lowest BCUT2D eigenvalue weighted by Gasteiger charge is -2.03. The van der Waals surface area contributed by atoms with Gasteiger partial charge in [-0.3, -0.25) is 9.59 Å². The molecular weight excluding hydrogens is 322 g/mol. The first-order chi connectivity index (χ1) is 11.2. The minimum Gasteiger partial charge on any atom is -0.477 e. The number of pyridine rings is 1. The highest BCUT2D eigenvalue weighted by molar-refractivity contribution is 6.35. The number of nitrogens with one attached hydrogen (secondary N) is 2. The minimum absolute atomic E-state index is 0.191. The smallest absolute Gasteiger partial charge is 0.351 e. The fraction of sp³-hybridized carbons (Fsp3) is 0.154. The maximum atomic E-state index is 11.8. The molecule has 0 spiro atoms. The predicted octanol–water partition coefficient (Wildman–Crippen LogP) is -0.538. The van der Waals surface area contributed by atoms with Gasteiger partial charge in [-0.25, -0.2) is 25.4 Å². The molecule has 0 aromatic carbocycles. The number of carbonyl (C=O) groups is 4. The third-order valence-corrected chi connectivity index (χ3v) is 2.48. The summed E-state index contributed by atoms with van der Waals surface area (Å²) in [5.74, 6) is -4.25. The van der Waals surface area contributed by atoms with Crippen LogP contribution in [0.1, 0.15) is 34.8 Å². The molecule has 2 amide bonds. The van der Waals surface area contributed by atoms with Gasteiger partial charge in [0.1, 0.15) is 22.8 Å². The molecule has 24 heavy (non-hydrogen) atoms. The van der Waals surface area contributed by atoms with Crippen LogP contribution in [0.5, 0.6) is 0 Å². The lowest BCUT2D eigenvalue weighted by Crippen LogP contribution is -2.25. The highest BCUT2D eigenvalue weighted by atomic mass is 16.4. The normalized spacial score (nSPS) is 11.6. The zero-order valence-electron chi connectivity index (χ0n) is 12.6. The highest BCUT2D eigenvalue weighted by Crippen LogP contribution is 2.00. The summed E-state index contributed by atoms with van der Waals surface area (Å²) in [5.41, 5.74) is 2.90. The molecule has 0 saturated carbocycles. The molecule has 0 bridgehead atoms. The van der Waals surface area contributed by atoms with Gasteiger partial charge in [-0.1, -0.05) is 6.07 Å². The second-order valence-corrected chi connectivity index (χ2v) is 4.29. The van der Waals surface area contributed by atoms with E-state index < -0.39 is 23.8 Å². The van der Waals surface area contributed by atoms with Gasteiger partial charge < -0.3 is 10.2 Å². The summed E-state index contributed by atoms with van der Waals surface area (Å²) < 4.78 is 0. The van der Waals surface area contributed by atoms with Crippen molar-refractivity contribution in [3.8, 4) is 0 Å². The van der Waals surface area contributed by atoms with Crippen molar-refractivity contribution in [2.45, 2.75) is 13.8 Å². The average Bonchev–Trinajstić information content (AvgIpc) is 2.56. The van der Waals surface area contributed by atoms with Crippen LogP contribution in [0.2, 0.25) is 0 Å². The van der Waals surface area contributed by atoms with E-state index in [-0.39, 0.29) is 22.8 Å². The summed E-state index contributed by atoms with van der Waals surface area (Å²) in [4.78, 5) is 48.5. The summed E-state index contributed by atoms with van der Waals surface area (Å²) in [6.45, 7) is 2.37. The van der Waals surface area contributed by atoms with Crippen LogP contribution in [-0.4, -0.2) is 50.4 Å². The molecule has 1 rings (SSSR count). The van der Waals surface area contributed by atoms with Crippen molar-refractivity contribution >= 4 is 35.2 Å². The number of carbonyl (C=O) groups excluding carboxylic acids is 2. The Hall–Kier alpha value is -3.63. The van der Waals surface area contributed by atoms with Crippen LogP contribution in [0.15, 0.2) is 28.4 Å². The summed E-state index contributed by atoms with van der Waals surface area (Å²) in [7, 11) is 0. The number of hydrogen-bond acceptors (Lipinski definition) is 7. The Morgan fingerprint density at radius 1 is 0.875 bits per heavy atom. The topological polar surface area (TPSA) is 170 Å². The predicted molar refractivity (Wildman–Crippen MR) is 80.7 cm³/mol. The zero-order valence-corrected chi connectivity index (χ0v) is 12.6. The molecule has 0 fully saturated rings. The molecule has 126 valence electrons. The fourth-order valence-electron chi connectivity index (χ4n) is 1.17. The van der Waals surface area contributed by atoms with E-state index in [0.717, 1.165) is 0 Å². The molecule has 0 aliphatic rings. The summed E-state index contributed by atoms with van der Waals surface area (Å²) in [6, 6.07) is 3.92. The van der Waals surface area contributed by atoms with E-state index in [1.54, 1.807) is 0 Å². The molecule has 0 aliphatic carbocycles. The fourth-order valence-corrected chi connectivity index (χ4v) is 1.17. The molecule has 1 aromatic heterocycles. The Balaban J connectivity index is 2.86. The Bertz CT molecular complexity index is 696. The molecule has 0 atom stereocenters. The highest BCUT2D eigenvalue weighted by Gasteiger charge is 2.13. The summed E-state index contributed by atoms with van der Waals surface area (Å²) in [6.07, 6.45) is 0. The van der Waals surface area contributed by atoms with Crippen LogP contribution >= 0.6 is 0 Å². The van der Waals surface area contributed by atoms with Crippen molar-refractivity contribution in [3.05, 3.63) is 29.6 Å². The molecule has 0 saturated heterocycles. The standard InChI is InChI=1S/C13H13N5O6/c1-6(12(21)22)15-17-10(19)8-4-3-5-9(14-8)11(20)18-16-7(2)13(23)24/h3-5H,1-2H3,(H,17,19)(H,18,20)(H,21,22)(H,23,24)/b15-6+,16-7+. The van der Waals surface area contributed by atoms with E-state index in [4.69, 9.17) is 10.2 Å². The van der Waals surface area contributed by atoms with Gasteiger partial charge in [0.2, 0.25) is 0 Å². The van der Waals surface area contributed by atoms with Crippen molar-refractivity contribution in [1.29, 1.82) is 0 Å². The third-order valence-electron chi connectivity index (χ3n) is 2.48. The number of rotatable bonds is 6.